The normalized spacial score (nSPS) is 10.1. The van der Waals surface area contributed by atoms with Crippen LogP contribution in [-0.2, 0) is 0 Å². The van der Waals surface area contributed by atoms with Crippen molar-refractivity contribution in [3.05, 3.63) is 28.4 Å². The van der Waals surface area contributed by atoms with E-state index in [9.17, 15) is 0 Å². The number of benzene rings is 1. The lowest BCUT2D eigenvalue weighted by molar-refractivity contribution is 0.396. The molecule has 0 atom stereocenters. The van der Waals surface area contributed by atoms with Gasteiger partial charge in [0.25, 0.3) is 0 Å². The second-order valence-corrected chi connectivity index (χ2v) is 4.77. The first-order valence-electron chi connectivity index (χ1n) is 5.98. The number of anilines is 3. The lowest BCUT2D eigenvalue weighted by Crippen LogP contribution is -2.02. The lowest BCUT2D eigenvalue weighted by Gasteiger charge is -2.14. The Kier molecular flexibility index (Phi) is 4.93. The van der Waals surface area contributed by atoms with Gasteiger partial charge in [0.1, 0.15) is 16.5 Å². The molecule has 2 rings (SSSR count). The zero-order valence-electron chi connectivity index (χ0n) is 11.7. The molecule has 0 amide bonds. The van der Waals surface area contributed by atoms with Gasteiger partial charge in [-0.15, -0.1) is 0 Å². The van der Waals surface area contributed by atoms with E-state index in [0.29, 0.717) is 39.0 Å². The van der Waals surface area contributed by atoms with Crippen LogP contribution >= 0.6 is 23.2 Å². The summed E-state index contributed by atoms with van der Waals surface area (Å²) in [7, 11) is 4.81. The predicted molar refractivity (Wildman–Crippen MR) is 84.4 cm³/mol. The number of ether oxygens (including phenoxy) is 2. The molecule has 0 aliphatic rings. The maximum Gasteiger partial charge on any atom is 0.224 e. The molecule has 0 fully saturated rings. The largest absolute Gasteiger partial charge is 0.495 e. The first kappa shape index (κ1) is 15.5. The Labute approximate surface area is 132 Å². The number of hydrogen-bond acceptors (Lipinski definition) is 6. The number of aromatic nitrogens is 2. The Morgan fingerprint density at radius 1 is 1.05 bits per heavy atom. The van der Waals surface area contributed by atoms with E-state index >= 15 is 0 Å². The third kappa shape index (κ3) is 3.40. The minimum Gasteiger partial charge on any atom is -0.495 e. The molecule has 0 spiro atoms. The van der Waals surface area contributed by atoms with Gasteiger partial charge in [0.15, 0.2) is 5.82 Å². The van der Waals surface area contributed by atoms with E-state index in [4.69, 9.17) is 32.7 Å². The van der Waals surface area contributed by atoms with Crippen LogP contribution < -0.4 is 20.1 Å². The van der Waals surface area contributed by atoms with Crippen molar-refractivity contribution in [2.75, 3.05) is 31.9 Å². The molecule has 21 heavy (non-hydrogen) atoms. The maximum absolute atomic E-state index is 6.12. The summed E-state index contributed by atoms with van der Waals surface area (Å²) in [5.41, 5.74) is 0.617. The molecule has 1 aromatic carbocycles. The van der Waals surface area contributed by atoms with Crippen molar-refractivity contribution < 1.29 is 9.47 Å². The molecule has 0 saturated heterocycles. The second kappa shape index (κ2) is 6.69. The van der Waals surface area contributed by atoms with Crippen LogP contribution in [-0.4, -0.2) is 31.2 Å². The van der Waals surface area contributed by atoms with Crippen molar-refractivity contribution in [1.82, 2.24) is 9.97 Å². The van der Waals surface area contributed by atoms with Crippen molar-refractivity contribution in [2.24, 2.45) is 0 Å². The van der Waals surface area contributed by atoms with Crippen LogP contribution in [0, 0.1) is 0 Å². The summed E-state index contributed by atoms with van der Waals surface area (Å²) in [6.45, 7) is 0. The molecular formula is C13H14Cl2N4O2. The summed E-state index contributed by atoms with van der Waals surface area (Å²) in [4.78, 5) is 8.25. The monoisotopic (exact) mass is 328 g/mol. The summed E-state index contributed by atoms with van der Waals surface area (Å²) in [6.07, 6.45) is 1.50. The standard InChI is InChI=1S/C13H14Cl2N4O2/c1-16-13-17-6-8(15)12(19-13)18-9-4-7(14)10(20-2)5-11(9)21-3/h4-6H,1-3H3,(H2,16,17,18,19). The molecule has 1 aromatic heterocycles. The van der Waals surface area contributed by atoms with Gasteiger partial charge in [-0.25, -0.2) is 4.98 Å². The molecule has 2 N–H and O–H groups in total. The van der Waals surface area contributed by atoms with Crippen molar-refractivity contribution in [2.45, 2.75) is 0 Å². The van der Waals surface area contributed by atoms with E-state index in [1.165, 1.54) is 13.3 Å². The molecule has 0 aliphatic heterocycles. The molecule has 112 valence electrons. The van der Waals surface area contributed by atoms with Crippen molar-refractivity contribution in [1.29, 1.82) is 0 Å². The Morgan fingerprint density at radius 2 is 1.76 bits per heavy atom. The van der Waals surface area contributed by atoms with Crippen LogP contribution in [0.15, 0.2) is 18.3 Å². The van der Waals surface area contributed by atoms with Crippen molar-refractivity contribution in [3.63, 3.8) is 0 Å². The highest BCUT2D eigenvalue weighted by atomic mass is 35.5. The molecule has 8 heteroatoms. The topological polar surface area (TPSA) is 68.3 Å². The zero-order valence-corrected chi connectivity index (χ0v) is 13.2. The van der Waals surface area contributed by atoms with Crippen LogP contribution in [0.5, 0.6) is 11.5 Å². The highest BCUT2D eigenvalue weighted by Gasteiger charge is 2.12. The van der Waals surface area contributed by atoms with Gasteiger partial charge in [0, 0.05) is 13.1 Å². The Bertz CT molecular complexity index is 652. The van der Waals surface area contributed by atoms with Crippen molar-refractivity contribution >= 4 is 40.7 Å². The van der Waals surface area contributed by atoms with E-state index in [0.717, 1.165) is 0 Å². The van der Waals surface area contributed by atoms with E-state index in [1.807, 2.05) is 0 Å². The summed E-state index contributed by atoms with van der Waals surface area (Å²) < 4.78 is 10.5. The molecule has 0 aliphatic carbocycles. The maximum atomic E-state index is 6.12. The SMILES string of the molecule is CNc1ncc(Cl)c(Nc2cc(Cl)c(OC)cc2OC)n1. The Hall–Kier alpha value is -1.92. The predicted octanol–water partition coefficient (Wildman–Crippen LogP) is 3.59. The summed E-state index contributed by atoms with van der Waals surface area (Å²) >= 11 is 12.2. The van der Waals surface area contributed by atoms with Gasteiger partial charge in [0.05, 0.1) is 31.1 Å². The quantitative estimate of drug-likeness (QED) is 0.874. The average molecular weight is 329 g/mol. The van der Waals surface area contributed by atoms with Crippen LogP contribution in [0.25, 0.3) is 0 Å². The fourth-order valence-corrected chi connectivity index (χ4v) is 2.04. The van der Waals surface area contributed by atoms with E-state index in [2.05, 4.69) is 20.6 Å². The smallest absolute Gasteiger partial charge is 0.224 e. The number of rotatable bonds is 5. The van der Waals surface area contributed by atoms with Crippen LogP contribution in [0.3, 0.4) is 0 Å². The van der Waals surface area contributed by atoms with E-state index in [-0.39, 0.29) is 0 Å². The van der Waals surface area contributed by atoms with Crippen LogP contribution in [0.4, 0.5) is 17.5 Å². The van der Waals surface area contributed by atoms with E-state index < -0.39 is 0 Å². The van der Waals surface area contributed by atoms with E-state index in [1.54, 1.807) is 26.3 Å². The van der Waals surface area contributed by atoms with Crippen LogP contribution in [0.1, 0.15) is 0 Å². The average Bonchev–Trinajstić information content (AvgIpc) is 2.49. The van der Waals surface area contributed by atoms with Gasteiger partial charge in [-0.1, -0.05) is 23.2 Å². The highest BCUT2D eigenvalue weighted by Crippen LogP contribution is 2.38. The molecule has 1 heterocycles. The van der Waals surface area contributed by atoms with Crippen LogP contribution in [0.2, 0.25) is 10.0 Å². The number of halogens is 2. The van der Waals surface area contributed by atoms with Gasteiger partial charge >= 0.3 is 0 Å². The molecule has 0 radical (unpaired) electrons. The Morgan fingerprint density at radius 3 is 2.38 bits per heavy atom. The fourth-order valence-electron chi connectivity index (χ4n) is 1.66. The molecule has 0 saturated carbocycles. The molecular weight excluding hydrogens is 315 g/mol. The van der Waals surface area contributed by atoms with Gasteiger partial charge in [-0.3, -0.25) is 0 Å². The molecule has 0 unspecified atom stereocenters. The van der Waals surface area contributed by atoms with Crippen molar-refractivity contribution in [3.8, 4) is 11.5 Å². The number of methoxy groups -OCH3 is 2. The minimum atomic E-state index is 0.378. The van der Waals surface area contributed by atoms with Gasteiger partial charge in [0.2, 0.25) is 5.95 Å². The summed E-state index contributed by atoms with van der Waals surface area (Å²) in [5, 5.41) is 6.73. The first-order valence-corrected chi connectivity index (χ1v) is 6.73. The molecule has 6 nitrogen and oxygen atoms in total. The number of hydrogen-bond donors (Lipinski definition) is 2. The lowest BCUT2D eigenvalue weighted by atomic mass is 10.2. The molecule has 0 bridgehead atoms. The van der Waals surface area contributed by atoms with Gasteiger partial charge in [-0.2, -0.15) is 4.98 Å². The first-order chi connectivity index (χ1) is 10.1. The minimum absolute atomic E-state index is 0.378. The number of nitrogens with one attached hydrogen (secondary N) is 2. The second-order valence-electron chi connectivity index (χ2n) is 3.95. The zero-order chi connectivity index (χ0) is 15.4. The summed E-state index contributed by atoms with van der Waals surface area (Å²) in [6, 6.07) is 3.36. The Balaban J connectivity index is 2.41. The third-order valence-corrected chi connectivity index (χ3v) is 3.27. The third-order valence-electron chi connectivity index (χ3n) is 2.69. The highest BCUT2D eigenvalue weighted by molar-refractivity contribution is 6.33. The number of nitrogens with zero attached hydrogens (tertiary/aromatic N) is 2. The van der Waals surface area contributed by atoms with Gasteiger partial charge < -0.3 is 20.1 Å². The summed E-state index contributed by atoms with van der Waals surface area (Å²) in [5.74, 6) is 1.96. The molecule has 2 aromatic rings. The fraction of sp³-hybridized carbons (Fsp3) is 0.231. The van der Waals surface area contributed by atoms with Gasteiger partial charge in [-0.05, 0) is 6.07 Å².